The van der Waals surface area contributed by atoms with E-state index in [0.717, 1.165) is 85.3 Å². The van der Waals surface area contributed by atoms with Crippen molar-refractivity contribution >= 4 is 136 Å². The molecule has 406 valence electrons. The topological polar surface area (TPSA) is 19.4 Å². The van der Waals surface area contributed by atoms with Gasteiger partial charge in [-0.3, -0.25) is 0 Å². The van der Waals surface area contributed by atoms with Gasteiger partial charge in [0.05, 0.1) is 34.1 Å². The van der Waals surface area contributed by atoms with Crippen molar-refractivity contribution < 1.29 is 0 Å². The lowest BCUT2D eigenvalue weighted by atomic mass is 9.33. The Hall–Kier alpha value is -10.9. The zero-order valence-corrected chi connectivity index (χ0v) is 47.8. The second-order valence-corrected chi connectivity index (χ2v) is 24.2. The molecule has 4 heterocycles. The first-order valence-corrected chi connectivity index (χ1v) is 30.8. The number of benzene rings is 13. The number of hydrogen-bond donors (Lipinski definition) is 1. The minimum absolute atomic E-state index is 0.137. The molecule has 1 unspecified atom stereocenters. The maximum Gasteiger partial charge on any atom is 0.252 e. The molecule has 0 bridgehead atoms. The summed E-state index contributed by atoms with van der Waals surface area (Å²) >= 11 is 0. The van der Waals surface area contributed by atoms with Gasteiger partial charge in [-0.25, -0.2) is 0 Å². The van der Waals surface area contributed by atoms with Crippen LogP contribution >= 0.6 is 10.9 Å². The lowest BCUT2D eigenvalue weighted by molar-refractivity contribution is 1.09. The van der Waals surface area contributed by atoms with Gasteiger partial charge in [-0.15, -0.1) is 0 Å². The second kappa shape index (κ2) is 20.5. The van der Waals surface area contributed by atoms with E-state index in [2.05, 4.69) is 357 Å². The molecule has 0 radical (unpaired) electrons. The lowest BCUT2D eigenvalue weighted by Gasteiger charge is -2.49. The maximum atomic E-state index is 2.65. The van der Waals surface area contributed by atoms with Gasteiger partial charge in [-0.1, -0.05) is 182 Å². The highest BCUT2D eigenvalue weighted by atomic mass is 32.2. The van der Waals surface area contributed by atoms with Crippen molar-refractivity contribution in [2.75, 3.05) is 29.4 Å². The Balaban J connectivity index is 0.995. The van der Waals surface area contributed by atoms with Crippen LogP contribution in [0.15, 0.2) is 342 Å². The Kier molecular flexibility index (Phi) is 11.8. The molecule has 13 aromatic carbocycles. The normalized spacial score (nSPS) is 14.2. The Labute approximate surface area is 505 Å². The van der Waals surface area contributed by atoms with Crippen LogP contribution in [0.1, 0.15) is 0 Å². The molecule has 8 heteroatoms. The van der Waals surface area contributed by atoms with Crippen molar-refractivity contribution in [3.63, 3.8) is 0 Å². The van der Waals surface area contributed by atoms with Crippen molar-refractivity contribution in [2.24, 2.45) is 0 Å². The molecule has 0 N–H and O–H groups in total. The van der Waals surface area contributed by atoms with Gasteiger partial charge in [-0.05, 0) is 162 Å². The largest absolute Gasteiger partial charge is 0.311 e. The number of fused-ring (bicyclic) bond motifs is 8. The van der Waals surface area contributed by atoms with Gasteiger partial charge in [0.25, 0.3) is 6.71 Å². The molecule has 6 nitrogen and oxygen atoms in total. The number of thiol groups is 1. The van der Waals surface area contributed by atoms with Gasteiger partial charge >= 0.3 is 0 Å². The Morgan fingerprint density at radius 1 is 0.233 bits per heavy atom. The first-order chi connectivity index (χ1) is 42.7. The maximum absolute atomic E-state index is 2.65. The van der Waals surface area contributed by atoms with Crippen molar-refractivity contribution in [3.05, 3.63) is 328 Å². The summed E-state index contributed by atoms with van der Waals surface area (Å²) in [7, 11) is -1.21. The SMILES string of the molecule is c1ccc(N(c2ccccc2)c2cc3c4c(c2)N(c2ccccc2)c2cc5c(cc2B4c2ccccc2N3c2ccccc2)[SH]2c3ccccc3N(c3ccccc3)c3cc(N(c4ccccc4)c4ccccc4)cc(c32)N5c2ccccc2)cc1. The molecule has 0 spiro atoms. The summed E-state index contributed by atoms with van der Waals surface area (Å²) < 4.78 is 0. The predicted octanol–water partition coefficient (Wildman–Crippen LogP) is 19.8. The molecule has 13 aromatic rings. The summed E-state index contributed by atoms with van der Waals surface area (Å²) in [6.07, 6.45) is 0. The Bertz CT molecular complexity index is 4300. The van der Waals surface area contributed by atoms with Crippen LogP contribution in [-0.2, 0) is 0 Å². The highest BCUT2D eigenvalue weighted by Gasteiger charge is 2.47. The van der Waals surface area contributed by atoms with Crippen molar-refractivity contribution in [1.29, 1.82) is 0 Å². The molecule has 0 amide bonds. The predicted molar refractivity (Wildman–Crippen MR) is 363 cm³/mol. The fraction of sp³-hybridized carbons (Fsp3) is 0. The van der Waals surface area contributed by atoms with Crippen LogP contribution < -0.4 is 45.8 Å². The fourth-order valence-corrected chi connectivity index (χ4v) is 16.7. The molecular weight excluding hydrogens is 1060 g/mol. The standard InChI is InChI=1S/C78H55BN6S/c1-9-29-55(30-10-1)80(56-31-11-2-12-32-56)63-49-71-77-72(50-63)84(61-41-21-7-22-42-61)69-54-70-76(53-66(69)79(77)65-45-25-26-46-67(65)82(71)59-37-17-5-18-38-59)86-75-48-28-27-47-68(75)83(60-39-19-6-20-40-60)73-51-64(52-74(78(73)86)85(70)62-43-23-8-24-44-62)81(57-33-13-3-14-34-57)58-35-15-4-16-36-58/h1-54,86H. The van der Waals surface area contributed by atoms with E-state index in [1.165, 1.54) is 48.1 Å². The van der Waals surface area contributed by atoms with Crippen LogP contribution in [0.3, 0.4) is 0 Å². The van der Waals surface area contributed by atoms with Crippen LogP contribution in [-0.4, -0.2) is 6.71 Å². The highest BCUT2D eigenvalue weighted by molar-refractivity contribution is 8.17. The third-order valence-corrected chi connectivity index (χ3v) is 19.9. The van der Waals surface area contributed by atoms with E-state index in [1.807, 2.05) is 0 Å². The van der Waals surface area contributed by atoms with E-state index in [1.54, 1.807) is 0 Å². The Morgan fingerprint density at radius 3 is 1.01 bits per heavy atom. The summed E-state index contributed by atoms with van der Waals surface area (Å²) in [5.41, 5.74) is 23.9. The van der Waals surface area contributed by atoms with Crippen molar-refractivity contribution in [2.45, 2.75) is 14.7 Å². The molecule has 0 aromatic heterocycles. The van der Waals surface area contributed by atoms with E-state index in [9.17, 15) is 0 Å². The average Bonchev–Trinajstić information content (AvgIpc) is 0.707. The van der Waals surface area contributed by atoms with Crippen molar-refractivity contribution in [1.82, 2.24) is 0 Å². The van der Waals surface area contributed by atoms with E-state index >= 15 is 0 Å². The van der Waals surface area contributed by atoms with E-state index < -0.39 is 10.9 Å². The van der Waals surface area contributed by atoms with Crippen LogP contribution in [0, 0.1) is 0 Å². The van der Waals surface area contributed by atoms with Gasteiger partial charge < -0.3 is 29.4 Å². The minimum atomic E-state index is -1.21. The zero-order chi connectivity index (χ0) is 56.7. The zero-order valence-electron chi connectivity index (χ0n) is 46.9. The number of anilines is 18. The first kappa shape index (κ1) is 49.7. The summed E-state index contributed by atoms with van der Waals surface area (Å²) in [6.45, 7) is -0.137. The molecule has 0 aliphatic carbocycles. The van der Waals surface area contributed by atoms with Crippen LogP contribution in [0.4, 0.5) is 102 Å². The third kappa shape index (κ3) is 7.91. The minimum Gasteiger partial charge on any atom is -0.311 e. The van der Waals surface area contributed by atoms with Gasteiger partial charge in [0.15, 0.2) is 0 Å². The Morgan fingerprint density at radius 2 is 0.570 bits per heavy atom. The van der Waals surface area contributed by atoms with E-state index in [0.29, 0.717) is 0 Å². The van der Waals surface area contributed by atoms with Gasteiger partial charge in [-0.2, -0.15) is 10.9 Å². The van der Waals surface area contributed by atoms with Gasteiger partial charge in [0.2, 0.25) is 0 Å². The summed E-state index contributed by atoms with van der Waals surface area (Å²) in [6, 6.07) is 121. The van der Waals surface area contributed by atoms with E-state index in [4.69, 9.17) is 0 Å². The first-order valence-electron chi connectivity index (χ1n) is 29.5. The fourth-order valence-electron chi connectivity index (χ4n) is 13.8. The van der Waals surface area contributed by atoms with Crippen LogP contribution in [0.5, 0.6) is 0 Å². The quantitative estimate of drug-likeness (QED) is 0.108. The highest BCUT2D eigenvalue weighted by Crippen LogP contribution is 2.72. The van der Waals surface area contributed by atoms with Crippen LogP contribution in [0.25, 0.3) is 0 Å². The molecule has 0 fully saturated rings. The average molecular weight is 1120 g/mol. The molecular formula is C78H55BN6S. The molecule has 0 saturated carbocycles. The van der Waals surface area contributed by atoms with E-state index in [-0.39, 0.29) is 6.71 Å². The summed E-state index contributed by atoms with van der Waals surface area (Å²) in [4.78, 5) is 19.0. The number of para-hydroxylation sites is 10. The molecule has 4 aliphatic rings. The van der Waals surface area contributed by atoms with Crippen LogP contribution in [0.2, 0.25) is 0 Å². The second-order valence-electron chi connectivity index (χ2n) is 22.1. The number of hydrogen-bond acceptors (Lipinski definition) is 6. The monoisotopic (exact) mass is 1120 g/mol. The number of nitrogens with zero attached hydrogens (tertiary/aromatic N) is 6. The number of rotatable bonds is 10. The van der Waals surface area contributed by atoms with Gasteiger partial charge in [0, 0.05) is 82.9 Å². The summed E-state index contributed by atoms with van der Waals surface area (Å²) in [5, 5.41) is 0. The lowest BCUT2D eigenvalue weighted by Crippen LogP contribution is -2.61. The molecule has 17 rings (SSSR count). The van der Waals surface area contributed by atoms with Crippen molar-refractivity contribution in [3.8, 4) is 0 Å². The molecule has 86 heavy (non-hydrogen) atoms. The molecule has 1 atom stereocenters. The third-order valence-electron chi connectivity index (χ3n) is 17.3. The smallest absolute Gasteiger partial charge is 0.252 e. The van der Waals surface area contributed by atoms with Gasteiger partial charge in [0.1, 0.15) is 0 Å². The summed E-state index contributed by atoms with van der Waals surface area (Å²) in [5.74, 6) is 0. The molecule has 0 saturated heterocycles. The molecule has 4 aliphatic heterocycles.